The number of carbonyl (C=O) groups is 1. The first-order valence-electron chi connectivity index (χ1n) is 9.36. The molecule has 1 spiro atoms. The van der Waals surface area contributed by atoms with Crippen LogP contribution in [0.5, 0.6) is 0 Å². The number of hydrogen-bond acceptors (Lipinski definition) is 3. The first-order chi connectivity index (χ1) is 11.6. The summed E-state index contributed by atoms with van der Waals surface area (Å²) < 4.78 is 6.24. The summed E-state index contributed by atoms with van der Waals surface area (Å²) in [6, 6.07) is 7.87. The molecule has 4 heteroatoms. The van der Waals surface area contributed by atoms with Crippen molar-refractivity contribution in [2.75, 3.05) is 39.3 Å². The molecule has 4 nitrogen and oxygen atoms in total. The van der Waals surface area contributed by atoms with E-state index in [0.29, 0.717) is 5.92 Å². The second-order valence-corrected chi connectivity index (χ2v) is 7.94. The summed E-state index contributed by atoms with van der Waals surface area (Å²) in [5.74, 6) is 0.822. The zero-order chi connectivity index (χ0) is 16.6. The molecule has 0 unspecified atom stereocenters. The molecule has 0 aliphatic carbocycles. The van der Waals surface area contributed by atoms with Crippen LogP contribution in [-0.4, -0.2) is 60.6 Å². The molecule has 1 aromatic carbocycles. The van der Waals surface area contributed by atoms with Gasteiger partial charge in [0.15, 0.2) is 0 Å². The lowest BCUT2D eigenvalue weighted by molar-refractivity contribution is -0.168. The van der Waals surface area contributed by atoms with Crippen LogP contribution in [0.25, 0.3) is 0 Å². The van der Waals surface area contributed by atoms with Crippen LogP contribution in [0.3, 0.4) is 0 Å². The summed E-state index contributed by atoms with van der Waals surface area (Å²) in [6.07, 6.45) is 5.05. The van der Waals surface area contributed by atoms with Crippen LogP contribution in [0.1, 0.15) is 41.6 Å². The minimum atomic E-state index is -0.0546. The van der Waals surface area contributed by atoms with Crippen molar-refractivity contribution >= 4 is 5.91 Å². The van der Waals surface area contributed by atoms with Crippen molar-refractivity contribution in [1.82, 2.24) is 9.80 Å². The third-order valence-corrected chi connectivity index (χ3v) is 5.86. The molecule has 3 saturated heterocycles. The molecule has 3 aliphatic rings. The molecule has 0 N–H and O–H groups in total. The molecular formula is C20H28N2O2. The summed E-state index contributed by atoms with van der Waals surface area (Å²) in [5, 5.41) is 0. The highest BCUT2D eigenvalue weighted by Gasteiger charge is 2.48. The molecule has 0 bridgehead atoms. The average molecular weight is 328 g/mol. The molecule has 0 saturated carbocycles. The van der Waals surface area contributed by atoms with Crippen LogP contribution in [0.4, 0.5) is 0 Å². The third kappa shape index (κ3) is 3.22. The van der Waals surface area contributed by atoms with Gasteiger partial charge >= 0.3 is 0 Å². The lowest BCUT2D eigenvalue weighted by Crippen LogP contribution is -2.66. The predicted molar refractivity (Wildman–Crippen MR) is 94.2 cm³/mol. The first-order valence-corrected chi connectivity index (χ1v) is 9.36. The molecular weight excluding hydrogens is 300 g/mol. The van der Waals surface area contributed by atoms with Crippen LogP contribution < -0.4 is 0 Å². The zero-order valence-electron chi connectivity index (χ0n) is 14.7. The number of amides is 1. The van der Waals surface area contributed by atoms with E-state index in [4.69, 9.17) is 4.74 Å². The minimum Gasteiger partial charge on any atom is -0.371 e. The maximum absolute atomic E-state index is 12.6. The van der Waals surface area contributed by atoms with E-state index in [-0.39, 0.29) is 11.5 Å². The number of carbonyl (C=O) groups excluding carboxylic acids is 1. The molecule has 24 heavy (non-hydrogen) atoms. The Morgan fingerprint density at radius 1 is 1.29 bits per heavy atom. The number of ether oxygens (including phenoxy) is 1. The standard InChI is InChI=1S/C20H28N2O2/c1-16-5-4-6-18(11-16)19(23)22-14-20(15-22)8-7-17(13-24-20)12-21-9-2-3-10-21/h4-6,11,17H,2-3,7-10,12-15H2,1H3/t17-/m1/s1. The number of aryl methyl sites for hydroxylation is 1. The molecule has 0 aromatic heterocycles. The lowest BCUT2D eigenvalue weighted by Gasteiger charge is -2.53. The summed E-state index contributed by atoms with van der Waals surface area (Å²) in [4.78, 5) is 17.1. The number of rotatable bonds is 3. The Morgan fingerprint density at radius 2 is 2.08 bits per heavy atom. The molecule has 3 aliphatic heterocycles. The van der Waals surface area contributed by atoms with Crippen LogP contribution in [-0.2, 0) is 4.74 Å². The van der Waals surface area contributed by atoms with Gasteiger partial charge in [0.25, 0.3) is 5.91 Å². The molecule has 1 amide bonds. The normalized spacial score (nSPS) is 26.5. The van der Waals surface area contributed by atoms with Crippen molar-refractivity contribution in [3.05, 3.63) is 35.4 Å². The van der Waals surface area contributed by atoms with Crippen LogP contribution in [0.15, 0.2) is 24.3 Å². The Labute approximate surface area is 144 Å². The summed E-state index contributed by atoms with van der Waals surface area (Å²) in [7, 11) is 0. The second kappa shape index (κ2) is 6.49. The number of likely N-dealkylation sites (tertiary alicyclic amines) is 2. The van der Waals surface area contributed by atoms with Gasteiger partial charge in [-0.05, 0) is 63.7 Å². The van der Waals surface area contributed by atoms with Gasteiger partial charge in [0.05, 0.1) is 19.7 Å². The Hall–Kier alpha value is -1.39. The van der Waals surface area contributed by atoms with Gasteiger partial charge in [0.1, 0.15) is 5.60 Å². The van der Waals surface area contributed by atoms with Crippen LogP contribution in [0.2, 0.25) is 0 Å². The van der Waals surface area contributed by atoms with E-state index in [0.717, 1.165) is 37.2 Å². The predicted octanol–water partition coefficient (Wildman–Crippen LogP) is 2.71. The van der Waals surface area contributed by atoms with E-state index < -0.39 is 0 Å². The highest BCUT2D eigenvalue weighted by atomic mass is 16.5. The van der Waals surface area contributed by atoms with Crippen molar-refractivity contribution in [3.63, 3.8) is 0 Å². The fraction of sp³-hybridized carbons (Fsp3) is 0.650. The Kier molecular flexibility index (Phi) is 4.35. The van der Waals surface area contributed by atoms with Gasteiger partial charge in [0.2, 0.25) is 0 Å². The quantitative estimate of drug-likeness (QED) is 0.855. The molecule has 130 valence electrons. The Balaban J connectivity index is 1.27. The van der Waals surface area contributed by atoms with Gasteiger partial charge in [-0.1, -0.05) is 17.7 Å². The largest absolute Gasteiger partial charge is 0.371 e. The molecule has 0 radical (unpaired) electrons. The van der Waals surface area contributed by atoms with Gasteiger partial charge in [-0.15, -0.1) is 0 Å². The molecule has 3 fully saturated rings. The van der Waals surface area contributed by atoms with Crippen molar-refractivity contribution in [2.45, 2.75) is 38.2 Å². The molecule has 4 rings (SSSR count). The van der Waals surface area contributed by atoms with Crippen molar-refractivity contribution in [2.24, 2.45) is 5.92 Å². The molecule has 3 heterocycles. The highest BCUT2D eigenvalue weighted by molar-refractivity contribution is 5.95. The number of hydrogen-bond donors (Lipinski definition) is 0. The number of nitrogens with zero attached hydrogens (tertiary/aromatic N) is 2. The topological polar surface area (TPSA) is 32.8 Å². The van der Waals surface area contributed by atoms with Crippen molar-refractivity contribution in [3.8, 4) is 0 Å². The highest BCUT2D eigenvalue weighted by Crippen LogP contribution is 2.37. The monoisotopic (exact) mass is 328 g/mol. The smallest absolute Gasteiger partial charge is 0.254 e. The van der Waals surface area contributed by atoms with E-state index in [9.17, 15) is 4.79 Å². The van der Waals surface area contributed by atoms with Crippen LogP contribution >= 0.6 is 0 Å². The zero-order valence-corrected chi connectivity index (χ0v) is 14.7. The molecule has 1 aromatic rings. The van der Waals surface area contributed by atoms with Crippen molar-refractivity contribution < 1.29 is 9.53 Å². The first kappa shape index (κ1) is 16.1. The maximum Gasteiger partial charge on any atom is 0.254 e. The summed E-state index contributed by atoms with van der Waals surface area (Å²) >= 11 is 0. The van der Waals surface area contributed by atoms with E-state index in [1.54, 1.807) is 0 Å². The Morgan fingerprint density at radius 3 is 2.75 bits per heavy atom. The number of benzene rings is 1. The van der Waals surface area contributed by atoms with E-state index in [1.165, 1.54) is 38.9 Å². The van der Waals surface area contributed by atoms with Gasteiger partial charge in [0, 0.05) is 12.1 Å². The second-order valence-electron chi connectivity index (χ2n) is 7.94. The van der Waals surface area contributed by atoms with Gasteiger partial charge in [-0.2, -0.15) is 0 Å². The van der Waals surface area contributed by atoms with Crippen molar-refractivity contribution in [1.29, 1.82) is 0 Å². The third-order valence-electron chi connectivity index (χ3n) is 5.86. The van der Waals surface area contributed by atoms with Gasteiger partial charge in [-0.3, -0.25) is 4.79 Å². The van der Waals surface area contributed by atoms with Crippen LogP contribution in [0, 0.1) is 12.8 Å². The van der Waals surface area contributed by atoms with E-state index >= 15 is 0 Å². The summed E-state index contributed by atoms with van der Waals surface area (Å²) in [6.45, 7) is 8.14. The summed E-state index contributed by atoms with van der Waals surface area (Å²) in [5.41, 5.74) is 1.88. The minimum absolute atomic E-state index is 0.0546. The lowest BCUT2D eigenvalue weighted by atomic mass is 9.82. The fourth-order valence-corrected chi connectivity index (χ4v) is 4.39. The maximum atomic E-state index is 12.6. The average Bonchev–Trinajstić information content (AvgIpc) is 3.06. The fourth-order valence-electron chi connectivity index (χ4n) is 4.39. The SMILES string of the molecule is Cc1cccc(C(=O)N2CC3(CC[C@H](CN4CCCC4)CO3)C2)c1. The van der Waals surface area contributed by atoms with E-state index in [2.05, 4.69) is 4.90 Å². The van der Waals surface area contributed by atoms with Gasteiger partial charge < -0.3 is 14.5 Å². The molecule has 1 atom stereocenters. The Bertz CT molecular complexity index is 593. The van der Waals surface area contributed by atoms with E-state index in [1.807, 2.05) is 36.1 Å². The van der Waals surface area contributed by atoms with Gasteiger partial charge in [-0.25, -0.2) is 0 Å².